The highest BCUT2D eigenvalue weighted by molar-refractivity contribution is 5.55. The van der Waals surface area contributed by atoms with Gasteiger partial charge in [-0.3, -0.25) is 14.8 Å². The average Bonchev–Trinajstić information content (AvgIpc) is 2.83. The normalized spacial score (nSPS) is 10.3. The first-order valence-corrected chi connectivity index (χ1v) is 5.81. The van der Waals surface area contributed by atoms with Gasteiger partial charge in [0.2, 0.25) is 0 Å². The van der Waals surface area contributed by atoms with Crippen LogP contribution in [0.15, 0.2) is 24.5 Å². The van der Waals surface area contributed by atoms with E-state index in [9.17, 15) is 10.1 Å². The van der Waals surface area contributed by atoms with Crippen LogP contribution in [0.4, 0.5) is 17.3 Å². The molecule has 9 nitrogen and oxygen atoms in total. The molecule has 0 saturated carbocycles. The molecule has 2 heterocycles. The number of pyridine rings is 1. The van der Waals surface area contributed by atoms with E-state index in [0.717, 1.165) is 5.56 Å². The van der Waals surface area contributed by atoms with Crippen molar-refractivity contribution in [3.05, 3.63) is 40.2 Å². The number of nitrogens with zero attached hydrogens (tertiary/aromatic N) is 5. The molecular formula is C11H15N7O2. The zero-order chi connectivity index (χ0) is 14.7. The van der Waals surface area contributed by atoms with Crippen LogP contribution in [0.2, 0.25) is 0 Å². The number of nitrogens with one attached hydrogen (secondary N) is 1. The summed E-state index contributed by atoms with van der Waals surface area (Å²) in [6, 6.07) is 2.68. The van der Waals surface area contributed by atoms with E-state index in [1.807, 2.05) is 13.2 Å². The van der Waals surface area contributed by atoms with Crippen LogP contribution in [0.25, 0.3) is 0 Å². The van der Waals surface area contributed by atoms with Gasteiger partial charge in [-0.2, -0.15) is 5.10 Å². The molecule has 0 radical (unpaired) electrons. The fraction of sp³-hybridized carbons (Fsp3) is 0.273. The summed E-state index contributed by atoms with van der Waals surface area (Å²) in [4.78, 5) is 16.4. The molecule has 0 unspecified atom stereocenters. The standard InChI is InChI=1S/C11H15N7O2/c1-16(6-8-5-13-17(2)7-8)11-4-9(18(19)20)3-10(14-11)15-12/h3-5,7H,6,12H2,1-2H3,(H,14,15). The Balaban J connectivity index is 2.26. The third kappa shape index (κ3) is 3.01. The number of rotatable bonds is 5. The quantitative estimate of drug-likeness (QED) is 0.468. The molecule has 2 rings (SSSR count). The van der Waals surface area contributed by atoms with Gasteiger partial charge in [0.1, 0.15) is 11.6 Å². The monoisotopic (exact) mass is 277 g/mol. The summed E-state index contributed by atoms with van der Waals surface area (Å²) >= 11 is 0. The Morgan fingerprint density at radius 3 is 2.85 bits per heavy atom. The molecule has 20 heavy (non-hydrogen) atoms. The minimum atomic E-state index is -0.482. The van der Waals surface area contributed by atoms with E-state index in [1.54, 1.807) is 22.8 Å². The number of aryl methyl sites for hydroxylation is 1. The van der Waals surface area contributed by atoms with Crippen LogP contribution in [0.3, 0.4) is 0 Å². The van der Waals surface area contributed by atoms with Crippen LogP contribution in [-0.4, -0.2) is 26.7 Å². The molecule has 0 saturated heterocycles. The first-order chi connectivity index (χ1) is 9.49. The summed E-state index contributed by atoms with van der Waals surface area (Å²) in [6.07, 6.45) is 3.60. The van der Waals surface area contributed by atoms with E-state index in [0.29, 0.717) is 12.4 Å². The smallest absolute Gasteiger partial charge is 0.276 e. The number of anilines is 2. The second kappa shape index (κ2) is 5.53. The second-order valence-corrected chi connectivity index (χ2v) is 4.35. The van der Waals surface area contributed by atoms with Crippen LogP contribution < -0.4 is 16.2 Å². The van der Waals surface area contributed by atoms with Crippen LogP contribution in [0.1, 0.15) is 5.56 Å². The molecule has 0 aliphatic carbocycles. The topological polar surface area (TPSA) is 115 Å². The van der Waals surface area contributed by atoms with Crippen LogP contribution in [0, 0.1) is 10.1 Å². The molecule has 0 atom stereocenters. The van der Waals surface area contributed by atoms with Gasteiger partial charge in [-0.1, -0.05) is 0 Å². The Morgan fingerprint density at radius 2 is 2.30 bits per heavy atom. The summed E-state index contributed by atoms with van der Waals surface area (Å²) in [5.74, 6) is 5.97. The molecule has 106 valence electrons. The highest BCUT2D eigenvalue weighted by atomic mass is 16.6. The molecule has 2 aromatic rings. The molecule has 3 N–H and O–H groups in total. The van der Waals surface area contributed by atoms with Crippen molar-refractivity contribution >= 4 is 17.3 Å². The maximum absolute atomic E-state index is 10.9. The zero-order valence-electron chi connectivity index (χ0n) is 11.1. The first kappa shape index (κ1) is 13.7. The maximum atomic E-state index is 10.9. The van der Waals surface area contributed by atoms with Crippen molar-refractivity contribution in [2.75, 3.05) is 17.4 Å². The van der Waals surface area contributed by atoms with Gasteiger partial charge in [0.15, 0.2) is 0 Å². The molecule has 0 bridgehead atoms. The van der Waals surface area contributed by atoms with E-state index < -0.39 is 4.92 Å². The molecule has 0 spiro atoms. The third-order valence-electron chi connectivity index (χ3n) is 2.72. The fourth-order valence-electron chi connectivity index (χ4n) is 1.79. The number of nitro groups is 1. The molecule has 9 heteroatoms. The van der Waals surface area contributed by atoms with Gasteiger partial charge in [-0.15, -0.1) is 0 Å². The molecule has 0 fully saturated rings. The van der Waals surface area contributed by atoms with Crippen LogP contribution in [-0.2, 0) is 13.6 Å². The second-order valence-electron chi connectivity index (χ2n) is 4.35. The van der Waals surface area contributed by atoms with Crippen molar-refractivity contribution in [3.63, 3.8) is 0 Å². The van der Waals surface area contributed by atoms with E-state index in [2.05, 4.69) is 15.5 Å². The Morgan fingerprint density at radius 1 is 1.55 bits per heavy atom. The number of hydrazine groups is 1. The lowest BCUT2D eigenvalue weighted by atomic mass is 10.3. The van der Waals surface area contributed by atoms with Gasteiger partial charge in [0.25, 0.3) is 5.69 Å². The fourth-order valence-corrected chi connectivity index (χ4v) is 1.79. The summed E-state index contributed by atoms with van der Waals surface area (Å²) in [5, 5.41) is 15.0. The van der Waals surface area contributed by atoms with Gasteiger partial charge in [0.05, 0.1) is 23.3 Å². The summed E-state index contributed by atoms with van der Waals surface area (Å²) in [5.41, 5.74) is 3.24. The molecule has 0 aliphatic rings. The zero-order valence-corrected chi connectivity index (χ0v) is 11.1. The molecule has 2 aromatic heterocycles. The predicted molar refractivity (Wildman–Crippen MR) is 74.0 cm³/mol. The van der Waals surface area contributed by atoms with Crippen molar-refractivity contribution in [2.45, 2.75) is 6.54 Å². The minimum absolute atomic E-state index is 0.0685. The Kier molecular flexibility index (Phi) is 3.80. The van der Waals surface area contributed by atoms with Crippen LogP contribution >= 0.6 is 0 Å². The van der Waals surface area contributed by atoms with Crippen LogP contribution in [0.5, 0.6) is 0 Å². The largest absolute Gasteiger partial charge is 0.355 e. The third-order valence-corrected chi connectivity index (χ3v) is 2.72. The first-order valence-electron chi connectivity index (χ1n) is 5.81. The van der Waals surface area contributed by atoms with Gasteiger partial charge in [-0.05, 0) is 0 Å². The molecule has 0 aromatic carbocycles. The summed E-state index contributed by atoms with van der Waals surface area (Å²) in [6.45, 7) is 0.534. The lowest BCUT2D eigenvalue weighted by molar-refractivity contribution is -0.384. The lowest BCUT2D eigenvalue weighted by Crippen LogP contribution is -2.19. The minimum Gasteiger partial charge on any atom is -0.355 e. The maximum Gasteiger partial charge on any atom is 0.276 e. The Labute approximate surface area is 115 Å². The van der Waals surface area contributed by atoms with Crippen molar-refractivity contribution in [2.24, 2.45) is 12.9 Å². The number of hydrogen-bond donors (Lipinski definition) is 2. The summed E-state index contributed by atoms with van der Waals surface area (Å²) < 4.78 is 1.69. The van der Waals surface area contributed by atoms with E-state index >= 15 is 0 Å². The van der Waals surface area contributed by atoms with E-state index in [1.165, 1.54) is 12.1 Å². The van der Waals surface area contributed by atoms with Gasteiger partial charge in [0, 0.05) is 32.4 Å². The SMILES string of the molecule is CN(Cc1cnn(C)c1)c1cc([N+](=O)[O-])cc(NN)n1. The number of hydrogen-bond acceptors (Lipinski definition) is 7. The van der Waals surface area contributed by atoms with Crippen molar-refractivity contribution in [3.8, 4) is 0 Å². The highest BCUT2D eigenvalue weighted by Crippen LogP contribution is 2.23. The Hall–Kier alpha value is -2.68. The van der Waals surface area contributed by atoms with Crippen molar-refractivity contribution < 1.29 is 4.92 Å². The summed E-state index contributed by atoms with van der Waals surface area (Å²) in [7, 11) is 3.62. The van der Waals surface area contributed by atoms with E-state index in [-0.39, 0.29) is 11.5 Å². The van der Waals surface area contributed by atoms with E-state index in [4.69, 9.17) is 5.84 Å². The average molecular weight is 277 g/mol. The number of nitrogen functional groups attached to an aromatic ring is 1. The van der Waals surface area contributed by atoms with Gasteiger partial charge in [-0.25, -0.2) is 10.8 Å². The number of nitrogens with two attached hydrogens (primary N) is 1. The lowest BCUT2D eigenvalue weighted by Gasteiger charge is -2.17. The predicted octanol–water partition coefficient (Wildman–Crippen LogP) is 0.645. The molecule has 0 aliphatic heterocycles. The van der Waals surface area contributed by atoms with Crippen molar-refractivity contribution in [1.29, 1.82) is 0 Å². The number of aromatic nitrogens is 3. The molecular weight excluding hydrogens is 262 g/mol. The van der Waals surface area contributed by atoms with Crippen molar-refractivity contribution in [1.82, 2.24) is 14.8 Å². The Bertz CT molecular complexity index is 625. The highest BCUT2D eigenvalue weighted by Gasteiger charge is 2.14. The van der Waals surface area contributed by atoms with Gasteiger partial charge < -0.3 is 10.3 Å². The van der Waals surface area contributed by atoms with Gasteiger partial charge >= 0.3 is 0 Å². The molecule has 0 amide bonds.